The van der Waals surface area contributed by atoms with Gasteiger partial charge in [-0.1, -0.05) is 18.6 Å². The highest BCUT2D eigenvalue weighted by Gasteiger charge is 2.69. The van der Waals surface area contributed by atoms with Crippen molar-refractivity contribution < 1.29 is 19.1 Å². The molecule has 0 unspecified atom stereocenters. The fraction of sp³-hybridized carbons (Fsp3) is 0.474. The van der Waals surface area contributed by atoms with Gasteiger partial charge in [0.2, 0.25) is 5.78 Å². The molecule has 1 aromatic carbocycles. The third-order valence-corrected chi connectivity index (χ3v) is 6.09. The van der Waals surface area contributed by atoms with E-state index in [1.807, 2.05) is 12.1 Å². The van der Waals surface area contributed by atoms with E-state index in [2.05, 4.69) is 12.1 Å². The van der Waals surface area contributed by atoms with Crippen molar-refractivity contribution in [1.82, 2.24) is 0 Å². The van der Waals surface area contributed by atoms with Crippen molar-refractivity contribution in [2.75, 3.05) is 14.2 Å². The Labute approximate surface area is 135 Å². The molecule has 4 heteroatoms. The van der Waals surface area contributed by atoms with E-state index in [4.69, 9.17) is 9.47 Å². The fourth-order valence-electron chi connectivity index (χ4n) is 5.19. The highest BCUT2D eigenvalue weighted by atomic mass is 16.5. The summed E-state index contributed by atoms with van der Waals surface area (Å²) in [5.41, 5.74) is 0.947. The Morgan fingerprint density at radius 2 is 1.83 bits per heavy atom. The van der Waals surface area contributed by atoms with Crippen LogP contribution in [0.1, 0.15) is 24.8 Å². The van der Waals surface area contributed by atoms with Crippen LogP contribution in [0, 0.1) is 17.8 Å². The number of carbonyl (C=O) groups excluding carboxylic acids is 2. The van der Waals surface area contributed by atoms with E-state index in [1.165, 1.54) is 13.2 Å². The first-order valence-corrected chi connectivity index (χ1v) is 8.11. The summed E-state index contributed by atoms with van der Waals surface area (Å²) in [4.78, 5) is 25.3. The Morgan fingerprint density at radius 1 is 1.09 bits per heavy atom. The van der Waals surface area contributed by atoms with Crippen LogP contribution in [0.3, 0.4) is 0 Å². The van der Waals surface area contributed by atoms with Gasteiger partial charge < -0.3 is 9.47 Å². The molecule has 0 saturated heterocycles. The van der Waals surface area contributed by atoms with Gasteiger partial charge >= 0.3 is 0 Å². The first-order valence-electron chi connectivity index (χ1n) is 8.11. The molecule has 3 aliphatic rings. The summed E-state index contributed by atoms with van der Waals surface area (Å²) in [5.74, 6) is 0.913. The number of allylic oxidation sites excluding steroid dienone is 2. The zero-order valence-electron chi connectivity index (χ0n) is 13.4. The summed E-state index contributed by atoms with van der Waals surface area (Å²) in [5, 5.41) is 0. The van der Waals surface area contributed by atoms with Crippen LogP contribution in [0.4, 0.5) is 0 Å². The largest absolute Gasteiger partial charge is 0.497 e. The minimum atomic E-state index is -0.268. The lowest BCUT2D eigenvalue weighted by Crippen LogP contribution is -2.64. The van der Waals surface area contributed by atoms with E-state index >= 15 is 0 Å². The van der Waals surface area contributed by atoms with Crippen LogP contribution < -0.4 is 4.74 Å². The third-order valence-electron chi connectivity index (χ3n) is 6.09. The summed E-state index contributed by atoms with van der Waals surface area (Å²) in [6, 6.07) is 7.98. The number of carbonyl (C=O) groups is 2. The van der Waals surface area contributed by atoms with Gasteiger partial charge in [-0.15, -0.1) is 0 Å². The molecule has 1 aromatic rings. The van der Waals surface area contributed by atoms with Crippen molar-refractivity contribution in [3.05, 3.63) is 41.7 Å². The standard InChI is InChI=1S/C19H20O4/c1-22-12-7-5-11(6-8-12)19-9-3-4-13(19)16-14(20)10-15(23-2)18(21)17(16)19/h5-8,10,13,16-17H,3-4,9H2,1-2H3/t13-,16+,17+,19+/m1/s1. The molecule has 0 aromatic heterocycles. The molecule has 0 amide bonds. The predicted molar refractivity (Wildman–Crippen MR) is 84.1 cm³/mol. The molecule has 0 radical (unpaired) electrons. The molecule has 0 bridgehead atoms. The van der Waals surface area contributed by atoms with Crippen LogP contribution in [0.2, 0.25) is 0 Å². The Bertz CT molecular complexity index is 703. The average Bonchev–Trinajstić information content (AvgIpc) is 2.92. The van der Waals surface area contributed by atoms with Crippen molar-refractivity contribution in [2.45, 2.75) is 24.7 Å². The Kier molecular flexibility index (Phi) is 3.12. The van der Waals surface area contributed by atoms with E-state index < -0.39 is 0 Å². The topological polar surface area (TPSA) is 52.6 Å². The monoisotopic (exact) mass is 312 g/mol. The fourth-order valence-corrected chi connectivity index (χ4v) is 5.19. The summed E-state index contributed by atoms with van der Waals surface area (Å²) in [6.07, 6.45) is 4.44. The first kappa shape index (κ1) is 14.5. The molecule has 2 fully saturated rings. The maximum Gasteiger partial charge on any atom is 0.202 e. The van der Waals surface area contributed by atoms with Crippen LogP contribution in [0.25, 0.3) is 0 Å². The Morgan fingerprint density at radius 3 is 2.48 bits per heavy atom. The third kappa shape index (κ3) is 1.72. The number of hydrogen-bond donors (Lipinski definition) is 0. The van der Waals surface area contributed by atoms with Gasteiger partial charge in [0.1, 0.15) is 5.75 Å². The highest BCUT2D eigenvalue weighted by molar-refractivity contribution is 6.12. The number of ether oxygens (including phenoxy) is 2. The molecular weight excluding hydrogens is 292 g/mol. The van der Waals surface area contributed by atoms with Gasteiger partial charge in [0.15, 0.2) is 11.5 Å². The second-order valence-corrected chi connectivity index (χ2v) is 6.75. The summed E-state index contributed by atoms with van der Waals surface area (Å²) >= 11 is 0. The van der Waals surface area contributed by atoms with Crippen molar-refractivity contribution in [2.24, 2.45) is 17.8 Å². The maximum atomic E-state index is 12.8. The summed E-state index contributed by atoms with van der Waals surface area (Å²) < 4.78 is 10.4. The van der Waals surface area contributed by atoms with Gasteiger partial charge in [-0.3, -0.25) is 9.59 Å². The lowest BCUT2D eigenvalue weighted by Gasteiger charge is -2.58. The van der Waals surface area contributed by atoms with Crippen LogP contribution in [-0.4, -0.2) is 25.8 Å². The molecule has 23 heavy (non-hydrogen) atoms. The molecule has 2 saturated carbocycles. The Hall–Kier alpha value is -2.10. The van der Waals surface area contributed by atoms with Crippen molar-refractivity contribution >= 4 is 11.6 Å². The number of hydrogen-bond acceptors (Lipinski definition) is 4. The smallest absolute Gasteiger partial charge is 0.202 e. The predicted octanol–water partition coefficient (Wildman–Crippen LogP) is 2.66. The van der Waals surface area contributed by atoms with Crippen LogP contribution in [0.15, 0.2) is 36.1 Å². The number of methoxy groups -OCH3 is 2. The average molecular weight is 312 g/mol. The molecule has 4 atom stereocenters. The lowest BCUT2D eigenvalue weighted by molar-refractivity contribution is -0.152. The summed E-state index contributed by atoms with van der Waals surface area (Å²) in [6.45, 7) is 0. The molecule has 120 valence electrons. The lowest BCUT2D eigenvalue weighted by atomic mass is 9.42. The normalized spacial score (nSPS) is 35.0. The molecular formula is C19H20O4. The van der Waals surface area contributed by atoms with Crippen molar-refractivity contribution in [1.29, 1.82) is 0 Å². The summed E-state index contributed by atoms with van der Waals surface area (Å²) in [7, 11) is 3.10. The number of ketones is 2. The number of rotatable bonds is 3. The highest BCUT2D eigenvalue weighted by Crippen LogP contribution is 2.67. The Balaban J connectivity index is 1.79. The van der Waals surface area contributed by atoms with Gasteiger partial charge in [-0.25, -0.2) is 0 Å². The van der Waals surface area contributed by atoms with Crippen molar-refractivity contribution in [3.63, 3.8) is 0 Å². The van der Waals surface area contributed by atoms with Gasteiger partial charge in [-0.05, 0) is 36.5 Å². The second kappa shape index (κ2) is 4.95. The van der Waals surface area contributed by atoms with Gasteiger partial charge in [0, 0.05) is 23.3 Å². The zero-order valence-corrected chi connectivity index (χ0v) is 13.4. The molecule has 4 rings (SSSR count). The number of benzene rings is 1. The number of Topliss-reactive ketones (excluding diaryl/α,β-unsaturated/α-hetero) is 1. The van der Waals surface area contributed by atoms with E-state index in [-0.39, 0.29) is 40.5 Å². The molecule has 0 aliphatic heterocycles. The molecule has 0 heterocycles. The molecule has 4 nitrogen and oxygen atoms in total. The van der Waals surface area contributed by atoms with Crippen LogP contribution >= 0.6 is 0 Å². The van der Waals surface area contributed by atoms with Crippen LogP contribution in [-0.2, 0) is 19.7 Å². The first-order chi connectivity index (χ1) is 11.1. The minimum Gasteiger partial charge on any atom is -0.497 e. The van der Waals surface area contributed by atoms with E-state index in [1.54, 1.807) is 7.11 Å². The van der Waals surface area contributed by atoms with E-state index in [0.717, 1.165) is 30.6 Å². The zero-order chi connectivity index (χ0) is 16.2. The quantitative estimate of drug-likeness (QED) is 0.861. The van der Waals surface area contributed by atoms with Gasteiger partial charge in [-0.2, -0.15) is 0 Å². The van der Waals surface area contributed by atoms with Crippen LogP contribution in [0.5, 0.6) is 5.75 Å². The van der Waals surface area contributed by atoms with Crippen molar-refractivity contribution in [3.8, 4) is 5.75 Å². The molecule has 3 aliphatic carbocycles. The molecule has 0 spiro atoms. The SMILES string of the molecule is COC1=CC(=O)[C@@H]2[C@H]3CCC[C@@]3(c3ccc(OC)cc3)[C@@H]2C1=O. The maximum absolute atomic E-state index is 12.8. The number of fused-ring (bicyclic) bond motifs is 4. The van der Waals surface area contributed by atoms with Gasteiger partial charge in [0.25, 0.3) is 0 Å². The van der Waals surface area contributed by atoms with E-state index in [9.17, 15) is 9.59 Å². The van der Waals surface area contributed by atoms with Gasteiger partial charge in [0.05, 0.1) is 14.2 Å². The second-order valence-electron chi connectivity index (χ2n) is 6.75. The molecule has 0 N–H and O–H groups in total. The minimum absolute atomic E-state index is 0.00827. The van der Waals surface area contributed by atoms with E-state index in [0.29, 0.717) is 0 Å².